The van der Waals surface area contributed by atoms with Crippen LogP contribution >= 0.6 is 0 Å². The van der Waals surface area contributed by atoms with Crippen LogP contribution in [0.4, 0.5) is 4.79 Å². The van der Waals surface area contributed by atoms with E-state index in [1.54, 1.807) is 12.0 Å². The van der Waals surface area contributed by atoms with Crippen LogP contribution in [0, 0.1) is 5.92 Å². The maximum absolute atomic E-state index is 11.9. The van der Waals surface area contributed by atoms with E-state index in [2.05, 4.69) is 4.74 Å². The number of rotatable bonds is 8. The number of likely N-dealkylation sites (tertiary alicyclic amines) is 1. The van der Waals surface area contributed by atoms with Crippen LogP contribution in [-0.4, -0.2) is 70.2 Å². The van der Waals surface area contributed by atoms with Crippen LogP contribution in [0.1, 0.15) is 19.8 Å². The van der Waals surface area contributed by atoms with E-state index in [4.69, 9.17) is 14.2 Å². The molecule has 0 aromatic carbocycles. The lowest BCUT2D eigenvalue weighted by Gasteiger charge is -2.16. The summed E-state index contributed by atoms with van der Waals surface area (Å²) in [7, 11) is 2.91. The molecule has 1 saturated heterocycles. The van der Waals surface area contributed by atoms with Gasteiger partial charge < -0.3 is 23.8 Å². The lowest BCUT2D eigenvalue weighted by Crippen LogP contribution is -2.30. The van der Waals surface area contributed by atoms with Crippen molar-refractivity contribution in [3.05, 3.63) is 0 Å². The van der Waals surface area contributed by atoms with Gasteiger partial charge in [-0.25, -0.2) is 9.59 Å². The number of hydrogen-bond acceptors (Lipinski definition) is 6. The van der Waals surface area contributed by atoms with Crippen molar-refractivity contribution in [1.82, 2.24) is 4.90 Å². The molecule has 0 radical (unpaired) electrons. The van der Waals surface area contributed by atoms with Gasteiger partial charge >= 0.3 is 12.1 Å². The van der Waals surface area contributed by atoms with Gasteiger partial charge in [0.05, 0.1) is 33.0 Å². The molecule has 1 aliphatic heterocycles. The second kappa shape index (κ2) is 9.57. The number of esters is 1. The first-order chi connectivity index (χ1) is 10.1. The van der Waals surface area contributed by atoms with Crippen LogP contribution in [0.15, 0.2) is 0 Å². The molecule has 1 fully saturated rings. The number of nitrogens with zero attached hydrogens (tertiary/aromatic N) is 1. The average molecular weight is 303 g/mol. The van der Waals surface area contributed by atoms with Crippen LogP contribution in [0.2, 0.25) is 0 Å². The average Bonchev–Trinajstić information content (AvgIpc) is 2.90. The fourth-order valence-electron chi connectivity index (χ4n) is 2.17. The Kier molecular flexibility index (Phi) is 8.07. The fourth-order valence-corrected chi connectivity index (χ4v) is 2.17. The summed E-state index contributed by atoms with van der Waals surface area (Å²) in [5, 5.41) is 0. The topological polar surface area (TPSA) is 74.3 Å². The molecule has 0 saturated carbocycles. The highest BCUT2D eigenvalue weighted by Crippen LogP contribution is 2.20. The van der Waals surface area contributed by atoms with E-state index >= 15 is 0 Å². The van der Waals surface area contributed by atoms with Crippen LogP contribution < -0.4 is 0 Å². The Labute approximate surface area is 125 Å². The zero-order valence-electron chi connectivity index (χ0n) is 13.0. The van der Waals surface area contributed by atoms with Crippen molar-refractivity contribution in [2.24, 2.45) is 5.92 Å². The summed E-state index contributed by atoms with van der Waals surface area (Å²) in [4.78, 5) is 24.5. The monoisotopic (exact) mass is 303 g/mol. The van der Waals surface area contributed by atoms with Crippen molar-refractivity contribution in [3.8, 4) is 0 Å². The van der Waals surface area contributed by atoms with Gasteiger partial charge in [0.25, 0.3) is 0 Å². The number of ether oxygens (including phenoxy) is 4. The number of hydrogen-bond donors (Lipinski definition) is 0. The number of carbonyl (C=O) groups excluding carboxylic acids is 2. The van der Waals surface area contributed by atoms with E-state index in [0.717, 1.165) is 12.8 Å². The molecule has 0 aromatic heterocycles. The van der Waals surface area contributed by atoms with Gasteiger partial charge in [-0.2, -0.15) is 0 Å². The number of carbonyl (C=O) groups is 2. The first-order valence-corrected chi connectivity index (χ1v) is 7.21. The third-order valence-electron chi connectivity index (χ3n) is 3.44. The normalized spacial score (nSPS) is 21.4. The quantitative estimate of drug-likeness (QED) is 0.493. The van der Waals surface area contributed by atoms with Gasteiger partial charge in [-0.05, 0) is 6.42 Å². The van der Waals surface area contributed by atoms with Gasteiger partial charge in [0.2, 0.25) is 0 Å². The van der Waals surface area contributed by atoms with Crippen LogP contribution in [0.25, 0.3) is 0 Å². The van der Waals surface area contributed by atoms with Crippen molar-refractivity contribution in [3.63, 3.8) is 0 Å². The molecule has 0 bridgehead atoms. The van der Waals surface area contributed by atoms with Gasteiger partial charge in [-0.15, -0.1) is 0 Å². The Morgan fingerprint density at radius 3 is 2.62 bits per heavy atom. The van der Waals surface area contributed by atoms with Gasteiger partial charge in [0.1, 0.15) is 6.61 Å². The minimum Gasteiger partial charge on any atom is -0.467 e. The predicted octanol–water partition coefficient (Wildman–Crippen LogP) is 1.06. The molecule has 1 amide bonds. The Balaban J connectivity index is 2.36. The zero-order chi connectivity index (χ0) is 15.7. The summed E-state index contributed by atoms with van der Waals surface area (Å²) >= 11 is 0. The third-order valence-corrected chi connectivity index (χ3v) is 3.44. The SMILES string of the molecule is CCCCOC(=O)N1CC(COCC(=O)OC)C(OC)C1. The summed E-state index contributed by atoms with van der Waals surface area (Å²) in [6.07, 6.45) is 1.42. The molecule has 2 atom stereocenters. The summed E-state index contributed by atoms with van der Waals surface area (Å²) in [5.74, 6) is -0.392. The molecule has 2 unspecified atom stereocenters. The lowest BCUT2D eigenvalue weighted by atomic mass is 10.1. The first kappa shape index (κ1) is 17.7. The van der Waals surface area contributed by atoms with Crippen LogP contribution in [0.5, 0.6) is 0 Å². The predicted molar refractivity (Wildman–Crippen MR) is 75.0 cm³/mol. The Hall–Kier alpha value is -1.34. The molecule has 0 spiro atoms. The molecule has 7 nitrogen and oxygen atoms in total. The molecule has 7 heteroatoms. The molecule has 21 heavy (non-hydrogen) atoms. The Morgan fingerprint density at radius 2 is 2.00 bits per heavy atom. The molecule has 0 aliphatic carbocycles. The molecule has 1 heterocycles. The highest BCUT2D eigenvalue weighted by Gasteiger charge is 2.36. The van der Waals surface area contributed by atoms with E-state index in [1.807, 2.05) is 6.92 Å². The summed E-state index contributed by atoms with van der Waals surface area (Å²) in [6.45, 7) is 3.71. The smallest absolute Gasteiger partial charge is 0.409 e. The Bertz CT molecular complexity index is 335. The second-order valence-corrected chi connectivity index (χ2v) is 5.00. The van der Waals surface area contributed by atoms with Crippen molar-refractivity contribution < 1.29 is 28.5 Å². The second-order valence-electron chi connectivity index (χ2n) is 5.00. The van der Waals surface area contributed by atoms with E-state index in [0.29, 0.717) is 26.3 Å². The molecule has 0 aromatic rings. The van der Waals surface area contributed by atoms with Gasteiger partial charge in [0, 0.05) is 19.6 Å². The highest BCUT2D eigenvalue weighted by molar-refractivity contribution is 5.70. The van der Waals surface area contributed by atoms with Gasteiger partial charge in [0.15, 0.2) is 0 Å². The largest absolute Gasteiger partial charge is 0.467 e. The number of unbranched alkanes of at least 4 members (excludes halogenated alkanes) is 1. The third kappa shape index (κ3) is 5.89. The lowest BCUT2D eigenvalue weighted by molar-refractivity contribution is -0.146. The first-order valence-electron chi connectivity index (χ1n) is 7.21. The van der Waals surface area contributed by atoms with Crippen LogP contribution in [0.3, 0.4) is 0 Å². The maximum atomic E-state index is 11.9. The van der Waals surface area contributed by atoms with E-state index in [-0.39, 0.29) is 24.7 Å². The number of amides is 1. The fraction of sp³-hybridized carbons (Fsp3) is 0.857. The maximum Gasteiger partial charge on any atom is 0.409 e. The van der Waals surface area contributed by atoms with Crippen molar-refractivity contribution in [2.45, 2.75) is 25.9 Å². The van der Waals surface area contributed by atoms with E-state index in [9.17, 15) is 9.59 Å². The minimum atomic E-state index is -0.419. The van der Waals surface area contributed by atoms with E-state index < -0.39 is 5.97 Å². The summed E-state index contributed by atoms with van der Waals surface area (Å²) in [5.41, 5.74) is 0. The van der Waals surface area contributed by atoms with E-state index in [1.165, 1.54) is 7.11 Å². The molecule has 1 aliphatic rings. The Morgan fingerprint density at radius 1 is 1.24 bits per heavy atom. The summed E-state index contributed by atoms with van der Waals surface area (Å²) < 4.78 is 20.4. The highest BCUT2D eigenvalue weighted by atomic mass is 16.6. The minimum absolute atomic E-state index is 0.0263. The van der Waals surface area contributed by atoms with Crippen molar-refractivity contribution >= 4 is 12.1 Å². The van der Waals surface area contributed by atoms with Crippen LogP contribution in [-0.2, 0) is 23.7 Å². The molecule has 1 rings (SSSR count). The van der Waals surface area contributed by atoms with Gasteiger partial charge in [-0.3, -0.25) is 0 Å². The number of methoxy groups -OCH3 is 2. The summed E-state index contributed by atoms with van der Waals surface area (Å²) in [6, 6.07) is 0. The standard InChI is InChI=1S/C14H25NO6/c1-4-5-6-21-14(17)15-7-11(12(8-15)18-2)9-20-10-13(16)19-3/h11-12H,4-10H2,1-3H3. The molecular weight excluding hydrogens is 278 g/mol. The molecular formula is C14H25NO6. The zero-order valence-corrected chi connectivity index (χ0v) is 13.0. The molecule has 122 valence electrons. The van der Waals surface area contributed by atoms with Crippen molar-refractivity contribution in [2.75, 3.05) is 47.1 Å². The van der Waals surface area contributed by atoms with Gasteiger partial charge in [-0.1, -0.05) is 13.3 Å². The van der Waals surface area contributed by atoms with Crippen molar-refractivity contribution in [1.29, 1.82) is 0 Å². The molecule has 0 N–H and O–H groups in total.